The molecule has 0 unspecified atom stereocenters. The summed E-state index contributed by atoms with van der Waals surface area (Å²) >= 11 is 0. The summed E-state index contributed by atoms with van der Waals surface area (Å²) in [5.41, 5.74) is 2.26. The van der Waals surface area contributed by atoms with Crippen molar-refractivity contribution in [3.63, 3.8) is 0 Å². The number of benzene rings is 2. The topological polar surface area (TPSA) is 53.0 Å². The van der Waals surface area contributed by atoms with E-state index >= 15 is 0 Å². The Morgan fingerprint density at radius 2 is 1.77 bits per heavy atom. The van der Waals surface area contributed by atoms with Crippen LogP contribution in [-0.4, -0.2) is 54.1 Å². The van der Waals surface area contributed by atoms with Gasteiger partial charge in [-0.1, -0.05) is 24.3 Å². The second-order valence-electron chi connectivity index (χ2n) is 6.67. The highest BCUT2D eigenvalue weighted by molar-refractivity contribution is 5.76. The molecule has 1 N–H and O–H groups in total. The second-order valence-corrected chi connectivity index (χ2v) is 6.67. The molecule has 1 heterocycles. The van der Waals surface area contributed by atoms with E-state index in [4.69, 9.17) is 4.74 Å². The monoisotopic (exact) mass is 354 g/mol. The van der Waals surface area contributed by atoms with E-state index in [0.29, 0.717) is 12.8 Å². The fourth-order valence-corrected chi connectivity index (χ4v) is 3.27. The number of carbonyl (C=O) groups is 1. The molecular formula is C21H26N2O3. The number of phenols is 1. The first-order valence-electron chi connectivity index (χ1n) is 9.05. The molecule has 0 atom stereocenters. The van der Waals surface area contributed by atoms with Gasteiger partial charge in [0.15, 0.2) is 0 Å². The van der Waals surface area contributed by atoms with Gasteiger partial charge in [0.2, 0.25) is 5.91 Å². The smallest absolute Gasteiger partial charge is 0.222 e. The number of hydrogen-bond acceptors (Lipinski definition) is 4. The summed E-state index contributed by atoms with van der Waals surface area (Å²) in [6.07, 6.45) is 1.15. The Hall–Kier alpha value is -2.53. The highest BCUT2D eigenvalue weighted by atomic mass is 16.5. The molecule has 0 radical (unpaired) electrons. The molecule has 1 aliphatic heterocycles. The molecule has 3 rings (SSSR count). The largest absolute Gasteiger partial charge is 0.508 e. The fraction of sp³-hybridized carbons (Fsp3) is 0.381. The van der Waals surface area contributed by atoms with E-state index in [1.54, 1.807) is 19.2 Å². The Balaban J connectivity index is 1.43. The van der Waals surface area contributed by atoms with Gasteiger partial charge in [0.05, 0.1) is 7.11 Å². The SMILES string of the molecule is COc1ccc(CN2CCN(C(=O)CCc3cccc(O)c3)CC2)cc1. The van der Waals surface area contributed by atoms with Crippen molar-refractivity contribution >= 4 is 5.91 Å². The highest BCUT2D eigenvalue weighted by Crippen LogP contribution is 2.16. The van der Waals surface area contributed by atoms with Gasteiger partial charge in [-0.25, -0.2) is 0 Å². The molecule has 1 saturated heterocycles. The molecule has 0 saturated carbocycles. The maximum Gasteiger partial charge on any atom is 0.222 e. The van der Waals surface area contributed by atoms with Crippen molar-refractivity contribution in [3.8, 4) is 11.5 Å². The van der Waals surface area contributed by atoms with Crippen LogP contribution in [0.25, 0.3) is 0 Å². The number of piperazine rings is 1. The minimum Gasteiger partial charge on any atom is -0.508 e. The number of methoxy groups -OCH3 is 1. The van der Waals surface area contributed by atoms with Crippen molar-refractivity contribution in [1.82, 2.24) is 9.80 Å². The molecule has 0 aromatic heterocycles. The van der Waals surface area contributed by atoms with Crippen LogP contribution >= 0.6 is 0 Å². The maximum atomic E-state index is 12.4. The number of phenolic OH excluding ortho intramolecular Hbond substituents is 1. The van der Waals surface area contributed by atoms with Crippen LogP contribution in [0.15, 0.2) is 48.5 Å². The Bertz CT molecular complexity index is 722. The molecule has 2 aromatic carbocycles. The van der Waals surface area contributed by atoms with Gasteiger partial charge in [0.1, 0.15) is 11.5 Å². The van der Waals surface area contributed by atoms with Crippen LogP contribution in [0, 0.1) is 0 Å². The Morgan fingerprint density at radius 1 is 1.04 bits per heavy atom. The van der Waals surface area contributed by atoms with Crippen LogP contribution in [-0.2, 0) is 17.8 Å². The number of aromatic hydroxyl groups is 1. The molecule has 5 heteroatoms. The molecule has 0 bridgehead atoms. The summed E-state index contributed by atoms with van der Waals surface area (Å²) in [4.78, 5) is 16.8. The van der Waals surface area contributed by atoms with E-state index in [1.807, 2.05) is 29.2 Å². The zero-order valence-corrected chi connectivity index (χ0v) is 15.2. The molecule has 2 aromatic rings. The number of rotatable bonds is 6. The number of nitrogens with zero attached hydrogens (tertiary/aromatic N) is 2. The molecule has 26 heavy (non-hydrogen) atoms. The van der Waals surface area contributed by atoms with Gasteiger partial charge < -0.3 is 14.7 Å². The van der Waals surface area contributed by atoms with E-state index < -0.39 is 0 Å². The first-order valence-corrected chi connectivity index (χ1v) is 9.05. The molecule has 0 spiro atoms. The lowest BCUT2D eigenvalue weighted by Crippen LogP contribution is -2.48. The van der Waals surface area contributed by atoms with Gasteiger partial charge in [-0.2, -0.15) is 0 Å². The zero-order valence-electron chi connectivity index (χ0n) is 15.2. The molecule has 1 amide bonds. The maximum absolute atomic E-state index is 12.4. The molecule has 5 nitrogen and oxygen atoms in total. The lowest BCUT2D eigenvalue weighted by Gasteiger charge is -2.34. The third-order valence-corrected chi connectivity index (χ3v) is 4.83. The third-order valence-electron chi connectivity index (χ3n) is 4.83. The lowest BCUT2D eigenvalue weighted by atomic mass is 10.1. The van der Waals surface area contributed by atoms with Gasteiger partial charge in [0.25, 0.3) is 0 Å². The van der Waals surface area contributed by atoms with Crippen LogP contribution in [0.2, 0.25) is 0 Å². The van der Waals surface area contributed by atoms with Gasteiger partial charge in [-0.05, 0) is 41.8 Å². The van der Waals surface area contributed by atoms with E-state index in [1.165, 1.54) is 5.56 Å². The summed E-state index contributed by atoms with van der Waals surface area (Å²) < 4.78 is 5.19. The standard InChI is InChI=1S/C21H26N2O3/c1-26-20-8-5-18(6-9-20)16-22-11-13-23(14-12-22)21(25)10-7-17-3-2-4-19(24)15-17/h2-6,8-9,15,24H,7,10-14,16H2,1H3. The normalized spacial score (nSPS) is 15.0. The molecule has 1 aliphatic rings. The predicted molar refractivity (Wildman–Crippen MR) is 101 cm³/mol. The molecule has 0 aliphatic carbocycles. The molecule has 138 valence electrons. The van der Waals surface area contributed by atoms with Crippen molar-refractivity contribution in [1.29, 1.82) is 0 Å². The van der Waals surface area contributed by atoms with Crippen LogP contribution in [0.4, 0.5) is 0 Å². The van der Waals surface area contributed by atoms with Gasteiger partial charge in [0, 0.05) is 39.1 Å². The van der Waals surface area contributed by atoms with Crippen molar-refractivity contribution in [3.05, 3.63) is 59.7 Å². The number of ether oxygens (including phenoxy) is 1. The van der Waals surface area contributed by atoms with Gasteiger partial charge in [-0.15, -0.1) is 0 Å². The average Bonchev–Trinajstić information content (AvgIpc) is 2.67. The number of amides is 1. The fourth-order valence-electron chi connectivity index (χ4n) is 3.27. The van der Waals surface area contributed by atoms with E-state index in [9.17, 15) is 9.90 Å². The highest BCUT2D eigenvalue weighted by Gasteiger charge is 2.20. The van der Waals surface area contributed by atoms with Crippen LogP contribution in [0.3, 0.4) is 0 Å². The first kappa shape index (κ1) is 18.3. The summed E-state index contributed by atoms with van der Waals surface area (Å²) in [6.45, 7) is 4.23. The number of carbonyl (C=O) groups excluding carboxylic acids is 1. The molecule has 1 fully saturated rings. The van der Waals surface area contributed by atoms with Crippen molar-refractivity contribution in [2.45, 2.75) is 19.4 Å². The average molecular weight is 354 g/mol. The third kappa shape index (κ3) is 4.99. The number of aryl methyl sites for hydroxylation is 1. The van der Waals surface area contributed by atoms with Gasteiger partial charge >= 0.3 is 0 Å². The van der Waals surface area contributed by atoms with E-state index in [2.05, 4.69) is 17.0 Å². The quantitative estimate of drug-likeness (QED) is 0.867. The summed E-state index contributed by atoms with van der Waals surface area (Å²) in [5, 5.41) is 9.50. The summed E-state index contributed by atoms with van der Waals surface area (Å²) in [7, 11) is 1.67. The Morgan fingerprint density at radius 3 is 2.42 bits per heavy atom. The summed E-state index contributed by atoms with van der Waals surface area (Å²) in [5.74, 6) is 1.32. The van der Waals surface area contributed by atoms with Crippen LogP contribution < -0.4 is 4.74 Å². The second kappa shape index (κ2) is 8.72. The minimum absolute atomic E-state index is 0.192. The van der Waals surface area contributed by atoms with Gasteiger partial charge in [-0.3, -0.25) is 9.69 Å². The molecular weight excluding hydrogens is 328 g/mol. The Kier molecular flexibility index (Phi) is 6.12. The van der Waals surface area contributed by atoms with Crippen molar-refractivity contribution in [2.75, 3.05) is 33.3 Å². The zero-order chi connectivity index (χ0) is 18.4. The van der Waals surface area contributed by atoms with Crippen molar-refractivity contribution in [2.24, 2.45) is 0 Å². The summed E-state index contributed by atoms with van der Waals surface area (Å²) in [6, 6.07) is 15.3. The van der Waals surface area contributed by atoms with Crippen LogP contribution in [0.1, 0.15) is 17.5 Å². The lowest BCUT2D eigenvalue weighted by molar-refractivity contribution is -0.133. The van der Waals surface area contributed by atoms with E-state index in [0.717, 1.165) is 44.0 Å². The minimum atomic E-state index is 0.192. The van der Waals surface area contributed by atoms with Crippen LogP contribution in [0.5, 0.6) is 11.5 Å². The van der Waals surface area contributed by atoms with Crippen molar-refractivity contribution < 1.29 is 14.6 Å². The number of hydrogen-bond donors (Lipinski definition) is 1. The van der Waals surface area contributed by atoms with E-state index in [-0.39, 0.29) is 11.7 Å². The first-order chi connectivity index (χ1) is 12.6. The Labute approximate surface area is 154 Å². The predicted octanol–water partition coefficient (Wildman–Crippen LogP) is 2.68.